The van der Waals surface area contributed by atoms with Crippen molar-refractivity contribution in [3.63, 3.8) is 0 Å². The number of esters is 1. The third-order valence-corrected chi connectivity index (χ3v) is 14.7. The van der Waals surface area contributed by atoms with Crippen LogP contribution in [0.2, 0.25) is 18.1 Å². The molecule has 2 aliphatic heterocycles. The highest BCUT2D eigenvalue weighted by molar-refractivity contribution is 6.74. The van der Waals surface area contributed by atoms with Gasteiger partial charge in [0.25, 0.3) is 0 Å². The topological polar surface area (TPSA) is 50.8 Å². The van der Waals surface area contributed by atoms with Crippen molar-refractivity contribution < 1.29 is 14.0 Å². The molecule has 0 bridgehead atoms. The van der Waals surface area contributed by atoms with E-state index in [1.54, 1.807) is 0 Å². The maximum atomic E-state index is 13.2. The summed E-state index contributed by atoms with van der Waals surface area (Å²) in [4.78, 5) is 15.9. The first-order chi connectivity index (χ1) is 19.1. The maximum Gasteiger partial charge on any atom is 0.335 e. The second kappa shape index (κ2) is 11.5. The van der Waals surface area contributed by atoms with E-state index >= 15 is 0 Å². The fourth-order valence-corrected chi connectivity index (χ4v) is 8.25. The molecule has 0 unspecified atom stereocenters. The van der Waals surface area contributed by atoms with E-state index in [2.05, 4.69) is 98.7 Å². The number of nitrogens with zero attached hydrogens (tertiary/aromatic N) is 1. The SMILES string of the molecule is COC(=O)C1=C2Nc3ccccc3[C@]23CCN(Cc2ccccc2)[C@@H]3[C@@H](CCCCCO[Si](C)(C)C(C)(C)C)C1. The molecule has 1 spiro atoms. The van der Waals surface area contributed by atoms with E-state index < -0.39 is 8.32 Å². The highest BCUT2D eigenvalue weighted by atomic mass is 28.4. The number of hydrogen-bond acceptors (Lipinski definition) is 5. The molecular formula is C34H48N2O3Si. The number of rotatable bonds is 10. The predicted octanol–water partition coefficient (Wildman–Crippen LogP) is 7.65. The number of nitrogens with one attached hydrogen (secondary N) is 1. The lowest BCUT2D eigenvalue weighted by Crippen LogP contribution is -2.51. The summed E-state index contributed by atoms with van der Waals surface area (Å²) in [5, 5.41) is 3.96. The summed E-state index contributed by atoms with van der Waals surface area (Å²) in [6, 6.07) is 19.9. The molecule has 0 amide bonds. The van der Waals surface area contributed by atoms with Crippen molar-refractivity contribution in [1.82, 2.24) is 4.90 Å². The Balaban J connectivity index is 1.39. The molecule has 2 aromatic rings. The van der Waals surface area contributed by atoms with Crippen molar-refractivity contribution in [2.45, 2.75) is 95.4 Å². The summed E-state index contributed by atoms with van der Waals surface area (Å²) in [5.74, 6) is 0.209. The highest BCUT2D eigenvalue weighted by Crippen LogP contribution is 2.59. The first kappa shape index (κ1) is 29.1. The van der Waals surface area contributed by atoms with Crippen LogP contribution in [0.15, 0.2) is 65.9 Å². The van der Waals surface area contributed by atoms with Crippen molar-refractivity contribution in [2.24, 2.45) is 5.92 Å². The Bertz CT molecular complexity index is 1240. The van der Waals surface area contributed by atoms with Crippen molar-refractivity contribution in [2.75, 3.05) is 25.6 Å². The molecule has 5 nitrogen and oxygen atoms in total. The van der Waals surface area contributed by atoms with E-state index in [0.29, 0.717) is 12.0 Å². The number of hydrogen-bond donors (Lipinski definition) is 1. The van der Waals surface area contributed by atoms with E-state index in [0.717, 1.165) is 75.2 Å². The summed E-state index contributed by atoms with van der Waals surface area (Å²) in [6.07, 6.45) is 6.28. The first-order valence-electron chi connectivity index (χ1n) is 15.2. The molecule has 3 atom stereocenters. The second-order valence-electron chi connectivity index (χ2n) is 13.6. The molecule has 216 valence electrons. The summed E-state index contributed by atoms with van der Waals surface area (Å²) in [7, 11) is -0.189. The molecular weight excluding hydrogens is 512 g/mol. The first-order valence-corrected chi connectivity index (χ1v) is 18.1. The molecule has 2 heterocycles. The lowest BCUT2D eigenvalue weighted by molar-refractivity contribution is -0.136. The molecule has 1 aliphatic carbocycles. The number of para-hydroxylation sites is 1. The van der Waals surface area contributed by atoms with Crippen molar-refractivity contribution in [1.29, 1.82) is 0 Å². The van der Waals surface area contributed by atoms with Gasteiger partial charge in [0, 0.05) is 37.1 Å². The van der Waals surface area contributed by atoms with Gasteiger partial charge in [0.05, 0.1) is 18.1 Å². The molecule has 1 N–H and O–H groups in total. The van der Waals surface area contributed by atoms with Crippen LogP contribution in [0.25, 0.3) is 0 Å². The predicted molar refractivity (Wildman–Crippen MR) is 166 cm³/mol. The number of unbranched alkanes of at least 4 members (excludes halogenated alkanes) is 2. The lowest BCUT2D eigenvalue weighted by atomic mass is 9.62. The molecule has 0 saturated carbocycles. The largest absolute Gasteiger partial charge is 0.466 e. The number of carbonyl (C=O) groups is 1. The zero-order valence-corrected chi connectivity index (χ0v) is 26.4. The lowest BCUT2D eigenvalue weighted by Gasteiger charge is -2.46. The zero-order valence-electron chi connectivity index (χ0n) is 25.4. The van der Waals surface area contributed by atoms with E-state index in [1.165, 1.54) is 18.2 Å². The van der Waals surface area contributed by atoms with Gasteiger partial charge in [-0.25, -0.2) is 4.79 Å². The van der Waals surface area contributed by atoms with Crippen LogP contribution >= 0.6 is 0 Å². The smallest absolute Gasteiger partial charge is 0.335 e. The average Bonchev–Trinajstić information content (AvgIpc) is 3.47. The molecule has 3 aliphatic rings. The van der Waals surface area contributed by atoms with Gasteiger partial charge in [-0.2, -0.15) is 0 Å². The maximum absolute atomic E-state index is 13.2. The van der Waals surface area contributed by atoms with Crippen molar-refractivity contribution in [3.8, 4) is 0 Å². The number of fused-ring (bicyclic) bond motifs is 1. The number of likely N-dealkylation sites (tertiary alicyclic amines) is 1. The van der Waals surface area contributed by atoms with Gasteiger partial charge in [-0.05, 0) is 66.9 Å². The standard InChI is InChI=1S/C34H48N2O3Si/c1-33(2,3)40(5,6)39-22-14-8-11-17-26-23-27(32(37)38-4)30-34(28-18-12-13-19-29(28)35-30)20-21-36(31(26)34)24-25-15-9-7-10-16-25/h7,9-10,12-13,15-16,18-19,26,31,35H,8,11,14,17,20-24H2,1-6H3/t26-,31+,34+/m0/s1. The normalized spacial score (nSPS) is 24.4. The third-order valence-electron chi connectivity index (χ3n) is 10.2. The third kappa shape index (κ3) is 5.30. The minimum atomic E-state index is -1.71. The Morgan fingerprint density at radius 1 is 1.05 bits per heavy atom. The van der Waals surface area contributed by atoms with Crippen molar-refractivity contribution >= 4 is 20.0 Å². The molecule has 2 aromatic carbocycles. The van der Waals surface area contributed by atoms with Crippen molar-refractivity contribution in [3.05, 3.63) is 77.0 Å². The second-order valence-corrected chi connectivity index (χ2v) is 18.4. The van der Waals surface area contributed by atoms with E-state index in [4.69, 9.17) is 9.16 Å². The molecule has 1 fully saturated rings. The number of benzene rings is 2. The van der Waals surface area contributed by atoms with Gasteiger partial charge in [-0.1, -0.05) is 82.1 Å². The molecule has 0 radical (unpaired) electrons. The fourth-order valence-electron chi connectivity index (χ4n) is 7.16. The van der Waals surface area contributed by atoms with Gasteiger partial charge in [-0.3, -0.25) is 4.90 Å². The van der Waals surface area contributed by atoms with Crippen LogP contribution in [0.5, 0.6) is 0 Å². The summed E-state index contributed by atoms with van der Waals surface area (Å²) >= 11 is 0. The molecule has 1 saturated heterocycles. The van der Waals surface area contributed by atoms with Gasteiger partial charge in [-0.15, -0.1) is 0 Å². The summed E-state index contributed by atoms with van der Waals surface area (Å²) < 4.78 is 11.8. The number of ether oxygens (including phenoxy) is 1. The van der Waals surface area contributed by atoms with Crippen LogP contribution in [-0.2, 0) is 25.9 Å². The van der Waals surface area contributed by atoms with Gasteiger partial charge in [0.2, 0.25) is 0 Å². The van der Waals surface area contributed by atoms with Crippen LogP contribution in [0.4, 0.5) is 5.69 Å². The van der Waals surface area contributed by atoms with Crippen LogP contribution in [0.1, 0.15) is 70.4 Å². The van der Waals surface area contributed by atoms with E-state index in [1.807, 2.05) is 0 Å². The summed E-state index contributed by atoms with van der Waals surface area (Å²) in [5.41, 5.74) is 5.60. The average molecular weight is 561 g/mol. The van der Waals surface area contributed by atoms with Gasteiger partial charge < -0.3 is 14.5 Å². The quantitative estimate of drug-likeness (QED) is 0.184. The van der Waals surface area contributed by atoms with Gasteiger partial charge in [0.1, 0.15) is 0 Å². The van der Waals surface area contributed by atoms with Crippen LogP contribution in [-0.4, -0.2) is 45.5 Å². The highest BCUT2D eigenvalue weighted by Gasteiger charge is 2.60. The minimum absolute atomic E-state index is 0.178. The van der Waals surface area contributed by atoms with Gasteiger partial charge >= 0.3 is 5.97 Å². The van der Waals surface area contributed by atoms with E-state index in [9.17, 15) is 4.79 Å². The van der Waals surface area contributed by atoms with Crippen LogP contribution < -0.4 is 5.32 Å². The molecule has 6 heteroatoms. The monoisotopic (exact) mass is 560 g/mol. The molecule has 40 heavy (non-hydrogen) atoms. The number of anilines is 1. The van der Waals surface area contributed by atoms with Gasteiger partial charge in [0.15, 0.2) is 8.32 Å². The Kier molecular flexibility index (Phi) is 8.33. The Hall–Kier alpha value is -2.41. The van der Waals surface area contributed by atoms with Crippen LogP contribution in [0, 0.1) is 5.92 Å². The fraction of sp³-hybridized carbons (Fsp3) is 0.559. The molecule has 5 rings (SSSR count). The Labute approximate surface area is 242 Å². The Morgan fingerprint density at radius 3 is 2.50 bits per heavy atom. The number of methoxy groups -OCH3 is 1. The number of carbonyl (C=O) groups excluding carboxylic acids is 1. The molecule has 0 aromatic heterocycles. The van der Waals surface area contributed by atoms with Crippen LogP contribution in [0.3, 0.4) is 0 Å². The zero-order chi connectivity index (χ0) is 28.5. The van der Waals surface area contributed by atoms with E-state index in [-0.39, 0.29) is 16.4 Å². The minimum Gasteiger partial charge on any atom is -0.466 e. The Morgan fingerprint density at radius 2 is 1.77 bits per heavy atom. The summed E-state index contributed by atoms with van der Waals surface area (Å²) in [6.45, 7) is 14.4.